The molecular weight excluding hydrogens is 362 g/mol. The number of rotatable bonds is 4. The predicted octanol–water partition coefficient (Wildman–Crippen LogP) is 5.14. The van der Waals surface area contributed by atoms with E-state index in [9.17, 15) is 4.79 Å². The van der Waals surface area contributed by atoms with Crippen molar-refractivity contribution in [1.82, 2.24) is 5.32 Å². The molecule has 0 aromatic heterocycles. The van der Waals surface area contributed by atoms with Crippen LogP contribution in [0.3, 0.4) is 0 Å². The molecule has 3 rings (SSSR count). The zero-order chi connectivity index (χ0) is 19.8. The third-order valence-electron chi connectivity index (χ3n) is 4.75. The zero-order valence-corrected chi connectivity index (χ0v) is 17.2. The van der Waals surface area contributed by atoms with Crippen molar-refractivity contribution < 1.29 is 14.3 Å². The van der Waals surface area contributed by atoms with E-state index in [0.717, 1.165) is 22.4 Å². The summed E-state index contributed by atoms with van der Waals surface area (Å²) in [5, 5.41) is 3.80. The molecule has 2 atom stereocenters. The number of fused-ring (bicyclic) bond motifs is 1. The molecule has 0 saturated carbocycles. The molecule has 27 heavy (non-hydrogen) atoms. The smallest absolute Gasteiger partial charge is 0.261 e. The van der Waals surface area contributed by atoms with Crippen LogP contribution in [0.5, 0.6) is 11.5 Å². The van der Waals surface area contributed by atoms with Crippen LogP contribution in [-0.2, 0) is 4.79 Å². The van der Waals surface area contributed by atoms with Gasteiger partial charge in [-0.15, -0.1) is 0 Å². The number of carbonyl (C=O) groups excluding carboxylic acids is 1. The molecule has 0 unspecified atom stereocenters. The average Bonchev–Trinajstić information content (AvgIpc) is 2.56. The van der Waals surface area contributed by atoms with Crippen LogP contribution in [0.15, 0.2) is 36.4 Å². The van der Waals surface area contributed by atoms with Crippen molar-refractivity contribution in [3.05, 3.63) is 58.1 Å². The van der Waals surface area contributed by atoms with Crippen molar-refractivity contribution in [2.45, 2.75) is 58.8 Å². The lowest BCUT2D eigenvalue weighted by molar-refractivity contribution is -0.128. The number of aryl methyl sites for hydroxylation is 2. The number of amides is 1. The predicted molar refractivity (Wildman–Crippen MR) is 108 cm³/mol. The minimum Gasteiger partial charge on any atom is -0.487 e. The number of benzene rings is 2. The summed E-state index contributed by atoms with van der Waals surface area (Å²) >= 11 is 6.05. The fraction of sp³-hybridized carbons (Fsp3) is 0.409. The topological polar surface area (TPSA) is 47.6 Å². The lowest BCUT2D eigenvalue weighted by atomic mass is 9.89. The molecule has 144 valence electrons. The first-order chi connectivity index (χ1) is 12.6. The summed E-state index contributed by atoms with van der Waals surface area (Å²) in [6, 6.07) is 11.4. The lowest BCUT2D eigenvalue weighted by Crippen LogP contribution is -2.44. The van der Waals surface area contributed by atoms with Crippen molar-refractivity contribution >= 4 is 17.5 Å². The van der Waals surface area contributed by atoms with Crippen LogP contribution in [0.25, 0.3) is 0 Å². The monoisotopic (exact) mass is 387 g/mol. The van der Waals surface area contributed by atoms with Crippen molar-refractivity contribution in [3.63, 3.8) is 0 Å². The van der Waals surface area contributed by atoms with Gasteiger partial charge in [-0.1, -0.05) is 23.7 Å². The van der Waals surface area contributed by atoms with Gasteiger partial charge in [-0.3, -0.25) is 4.79 Å². The Hall–Kier alpha value is -2.20. The van der Waals surface area contributed by atoms with E-state index in [-0.39, 0.29) is 17.6 Å². The maximum atomic E-state index is 12.8. The van der Waals surface area contributed by atoms with Crippen molar-refractivity contribution in [2.24, 2.45) is 0 Å². The van der Waals surface area contributed by atoms with Gasteiger partial charge in [0.2, 0.25) is 0 Å². The molecule has 0 fully saturated rings. The van der Waals surface area contributed by atoms with Crippen molar-refractivity contribution in [3.8, 4) is 11.5 Å². The van der Waals surface area contributed by atoms with E-state index in [1.54, 1.807) is 19.1 Å². The molecule has 0 aliphatic carbocycles. The maximum Gasteiger partial charge on any atom is 0.261 e. The van der Waals surface area contributed by atoms with E-state index >= 15 is 0 Å². The summed E-state index contributed by atoms with van der Waals surface area (Å²) in [5.41, 5.74) is 2.70. The van der Waals surface area contributed by atoms with Gasteiger partial charge >= 0.3 is 0 Å². The fourth-order valence-electron chi connectivity index (χ4n) is 3.32. The Morgan fingerprint density at radius 3 is 2.70 bits per heavy atom. The van der Waals surface area contributed by atoms with Crippen LogP contribution >= 0.6 is 11.6 Å². The van der Waals surface area contributed by atoms with E-state index in [1.165, 1.54) is 0 Å². The molecule has 2 aromatic rings. The van der Waals surface area contributed by atoms with Gasteiger partial charge < -0.3 is 14.8 Å². The van der Waals surface area contributed by atoms with E-state index in [2.05, 4.69) is 5.32 Å². The van der Waals surface area contributed by atoms with Crippen LogP contribution in [0.4, 0.5) is 0 Å². The Morgan fingerprint density at radius 1 is 1.26 bits per heavy atom. The Balaban J connectivity index is 1.74. The first-order valence-corrected chi connectivity index (χ1v) is 9.55. The second-order valence-corrected chi connectivity index (χ2v) is 8.25. The van der Waals surface area contributed by atoms with Gasteiger partial charge in [0.25, 0.3) is 5.91 Å². The van der Waals surface area contributed by atoms with Crippen LogP contribution < -0.4 is 14.8 Å². The summed E-state index contributed by atoms with van der Waals surface area (Å²) in [4.78, 5) is 12.8. The van der Waals surface area contributed by atoms with E-state index in [4.69, 9.17) is 21.1 Å². The highest BCUT2D eigenvalue weighted by atomic mass is 35.5. The third-order valence-corrected chi connectivity index (χ3v) is 5.18. The first kappa shape index (κ1) is 19.6. The molecule has 1 aliphatic heterocycles. The van der Waals surface area contributed by atoms with Gasteiger partial charge in [0.15, 0.2) is 6.10 Å². The number of hydrogen-bond acceptors (Lipinski definition) is 3. The molecule has 0 bridgehead atoms. The molecule has 2 aromatic carbocycles. The summed E-state index contributed by atoms with van der Waals surface area (Å²) in [6.45, 7) is 9.76. The van der Waals surface area contributed by atoms with Gasteiger partial charge in [0.1, 0.15) is 17.1 Å². The average molecular weight is 388 g/mol. The highest BCUT2D eigenvalue weighted by Gasteiger charge is 2.35. The molecule has 0 saturated heterocycles. The second kappa shape index (κ2) is 7.43. The van der Waals surface area contributed by atoms with Crippen LogP contribution in [0.2, 0.25) is 5.02 Å². The summed E-state index contributed by atoms with van der Waals surface area (Å²) in [6.07, 6.45) is 0.0760. The largest absolute Gasteiger partial charge is 0.487 e. The molecule has 1 N–H and O–H groups in total. The van der Waals surface area contributed by atoms with Gasteiger partial charge in [-0.05, 0) is 70.0 Å². The second-order valence-electron chi connectivity index (χ2n) is 7.84. The third kappa shape index (κ3) is 4.56. The van der Waals surface area contributed by atoms with E-state index in [0.29, 0.717) is 17.2 Å². The zero-order valence-electron chi connectivity index (χ0n) is 16.4. The Labute approximate surface area is 165 Å². The van der Waals surface area contributed by atoms with E-state index in [1.807, 2.05) is 52.0 Å². The normalized spacial score (nSPS) is 18.8. The Morgan fingerprint density at radius 2 is 2.00 bits per heavy atom. The van der Waals surface area contributed by atoms with Crippen molar-refractivity contribution in [1.29, 1.82) is 0 Å². The fourth-order valence-corrected chi connectivity index (χ4v) is 3.44. The first-order valence-electron chi connectivity index (χ1n) is 9.17. The SMILES string of the molecule is Cc1ccc2c(c1)OC(C)(C)C[C@H]2NC(=O)[C@H](C)Oc1ccc(Cl)c(C)c1. The van der Waals surface area contributed by atoms with Gasteiger partial charge in [0.05, 0.1) is 6.04 Å². The molecule has 1 aliphatic rings. The van der Waals surface area contributed by atoms with Crippen molar-refractivity contribution in [2.75, 3.05) is 0 Å². The molecule has 5 heteroatoms. The Bertz CT molecular complexity index is 863. The van der Waals surface area contributed by atoms with Gasteiger partial charge in [-0.25, -0.2) is 0 Å². The van der Waals surface area contributed by atoms with Crippen LogP contribution in [0.1, 0.15) is 49.9 Å². The minimum atomic E-state index is -0.620. The quantitative estimate of drug-likeness (QED) is 0.789. The number of hydrogen-bond donors (Lipinski definition) is 1. The Kier molecular flexibility index (Phi) is 5.38. The van der Waals surface area contributed by atoms with Gasteiger partial charge in [0, 0.05) is 17.0 Å². The highest BCUT2D eigenvalue weighted by Crippen LogP contribution is 2.40. The minimum absolute atomic E-state index is 0.116. The highest BCUT2D eigenvalue weighted by molar-refractivity contribution is 6.31. The lowest BCUT2D eigenvalue weighted by Gasteiger charge is -2.38. The molecular formula is C22H26ClNO3. The standard InChI is InChI=1S/C22H26ClNO3/c1-13-6-8-17-19(12-22(4,5)27-20(17)10-13)24-21(25)15(3)26-16-7-9-18(23)14(2)11-16/h6-11,15,19H,12H2,1-5H3,(H,24,25)/t15-,19+/m0/s1. The maximum absolute atomic E-state index is 12.8. The molecule has 1 heterocycles. The number of halogens is 1. The van der Waals surface area contributed by atoms with Crippen LogP contribution in [-0.4, -0.2) is 17.6 Å². The summed E-state index contributed by atoms with van der Waals surface area (Å²) in [7, 11) is 0. The molecule has 0 spiro atoms. The summed E-state index contributed by atoms with van der Waals surface area (Å²) in [5.74, 6) is 1.30. The number of carbonyl (C=O) groups is 1. The van der Waals surface area contributed by atoms with Gasteiger partial charge in [-0.2, -0.15) is 0 Å². The van der Waals surface area contributed by atoms with E-state index < -0.39 is 6.10 Å². The van der Waals surface area contributed by atoms with Crippen LogP contribution in [0, 0.1) is 13.8 Å². The summed E-state index contributed by atoms with van der Waals surface area (Å²) < 4.78 is 11.9. The number of nitrogens with one attached hydrogen (secondary N) is 1. The molecule has 0 radical (unpaired) electrons. The molecule has 4 nitrogen and oxygen atoms in total. The molecule has 1 amide bonds. The number of ether oxygens (including phenoxy) is 2.